The van der Waals surface area contributed by atoms with Crippen LogP contribution in [0.4, 0.5) is 0 Å². The minimum Gasteiger partial charge on any atom is -0.393 e. The van der Waals surface area contributed by atoms with Crippen molar-refractivity contribution in [3.8, 4) is 0 Å². The van der Waals surface area contributed by atoms with Crippen molar-refractivity contribution in [3.05, 3.63) is 18.2 Å². The Hall–Kier alpha value is -0.870. The molecule has 4 nitrogen and oxygen atoms in total. The molecule has 0 aromatic carbocycles. The predicted molar refractivity (Wildman–Crippen MR) is 55.9 cm³/mol. The van der Waals surface area contributed by atoms with Crippen molar-refractivity contribution in [3.63, 3.8) is 0 Å². The van der Waals surface area contributed by atoms with Gasteiger partial charge in [0, 0.05) is 19.3 Å². The Bertz CT molecular complexity index is 258. The van der Waals surface area contributed by atoms with E-state index >= 15 is 0 Å². The number of aliphatic hydroxyl groups excluding tert-OH is 1. The molecule has 2 N–H and O–H groups in total. The van der Waals surface area contributed by atoms with Gasteiger partial charge in [0.2, 0.25) is 0 Å². The van der Waals surface area contributed by atoms with Crippen LogP contribution in [0.3, 0.4) is 0 Å². The molecule has 1 aromatic rings. The molecule has 1 rings (SSSR count). The molecular formula is C10H19N3O. The molecule has 0 spiro atoms. The van der Waals surface area contributed by atoms with Crippen LogP contribution in [0, 0.1) is 0 Å². The molecule has 0 aliphatic carbocycles. The molecule has 0 saturated heterocycles. The maximum atomic E-state index is 9.05. The summed E-state index contributed by atoms with van der Waals surface area (Å²) in [7, 11) is 0. The summed E-state index contributed by atoms with van der Waals surface area (Å²) >= 11 is 0. The van der Waals surface area contributed by atoms with E-state index < -0.39 is 0 Å². The average molecular weight is 197 g/mol. The van der Waals surface area contributed by atoms with Gasteiger partial charge in [-0.2, -0.15) is 0 Å². The number of aromatic nitrogens is 2. The van der Waals surface area contributed by atoms with E-state index in [0.29, 0.717) is 0 Å². The second-order valence-electron chi connectivity index (χ2n) is 3.49. The van der Waals surface area contributed by atoms with E-state index in [1.807, 2.05) is 12.5 Å². The van der Waals surface area contributed by atoms with Gasteiger partial charge in [-0.15, -0.1) is 0 Å². The second kappa shape index (κ2) is 5.78. The van der Waals surface area contributed by atoms with Gasteiger partial charge < -0.3 is 15.0 Å². The third-order valence-corrected chi connectivity index (χ3v) is 2.18. The lowest BCUT2D eigenvalue weighted by atomic mass is 10.3. The highest BCUT2D eigenvalue weighted by atomic mass is 16.3. The van der Waals surface area contributed by atoms with Gasteiger partial charge in [0.05, 0.1) is 18.1 Å². The van der Waals surface area contributed by atoms with E-state index in [-0.39, 0.29) is 6.10 Å². The van der Waals surface area contributed by atoms with Crippen molar-refractivity contribution in [2.24, 2.45) is 0 Å². The van der Waals surface area contributed by atoms with Crippen LogP contribution in [-0.2, 0) is 13.1 Å². The molecule has 0 bridgehead atoms. The Morgan fingerprint density at radius 2 is 2.43 bits per heavy atom. The largest absolute Gasteiger partial charge is 0.393 e. The number of aliphatic hydroxyl groups is 1. The minimum atomic E-state index is -0.224. The number of rotatable bonds is 6. The summed E-state index contributed by atoms with van der Waals surface area (Å²) in [6.07, 6.45) is 4.28. The predicted octanol–water partition coefficient (Wildman–Crippen LogP) is 0.763. The summed E-state index contributed by atoms with van der Waals surface area (Å²) in [5, 5.41) is 12.3. The Morgan fingerprint density at radius 3 is 3.07 bits per heavy atom. The van der Waals surface area contributed by atoms with E-state index in [9.17, 15) is 0 Å². The molecule has 4 heteroatoms. The molecule has 1 aromatic heterocycles. The van der Waals surface area contributed by atoms with Gasteiger partial charge in [-0.3, -0.25) is 0 Å². The first-order valence-electron chi connectivity index (χ1n) is 5.11. The van der Waals surface area contributed by atoms with Gasteiger partial charge in [0.15, 0.2) is 0 Å². The minimum absolute atomic E-state index is 0.224. The van der Waals surface area contributed by atoms with Gasteiger partial charge >= 0.3 is 0 Å². The lowest BCUT2D eigenvalue weighted by Crippen LogP contribution is -2.20. The Kier molecular flexibility index (Phi) is 4.62. The van der Waals surface area contributed by atoms with E-state index in [1.165, 1.54) is 5.69 Å². The normalized spacial score (nSPS) is 13.1. The van der Waals surface area contributed by atoms with E-state index in [4.69, 9.17) is 5.11 Å². The van der Waals surface area contributed by atoms with E-state index in [1.54, 1.807) is 6.92 Å². The fourth-order valence-corrected chi connectivity index (χ4v) is 1.31. The standard InChI is InChI=1S/C10H19N3O/c1-3-13-8-12-7-10(13)6-11-5-4-9(2)14/h7-9,11,14H,3-6H2,1-2H3. The maximum absolute atomic E-state index is 9.05. The van der Waals surface area contributed by atoms with Crippen molar-refractivity contribution < 1.29 is 5.11 Å². The molecule has 0 aliphatic rings. The number of nitrogens with one attached hydrogen (secondary N) is 1. The van der Waals surface area contributed by atoms with Crippen LogP contribution < -0.4 is 5.32 Å². The molecule has 80 valence electrons. The lowest BCUT2D eigenvalue weighted by molar-refractivity contribution is 0.183. The van der Waals surface area contributed by atoms with Crippen LogP contribution in [-0.4, -0.2) is 27.3 Å². The molecule has 0 radical (unpaired) electrons. The van der Waals surface area contributed by atoms with E-state index in [2.05, 4.69) is 21.8 Å². The van der Waals surface area contributed by atoms with Gasteiger partial charge in [-0.1, -0.05) is 0 Å². The van der Waals surface area contributed by atoms with Crippen LogP contribution in [0.25, 0.3) is 0 Å². The van der Waals surface area contributed by atoms with E-state index in [0.717, 1.165) is 26.1 Å². The molecule has 1 heterocycles. The monoisotopic (exact) mass is 197 g/mol. The molecule has 0 saturated carbocycles. The van der Waals surface area contributed by atoms with Crippen LogP contribution in [0.1, 0.15) is 26.0 Å². The Morgan fingerprint density at radius 1 is 1.64 bits per heavy atom. The summed E-state index contributed by atoms with van der Waals surface area (Å²) < 4.78 is 2.11. The SMILES string of the molecule is CCn1cncc1CNCCC(C)O. The summed E-state index contributed by atoms with van der Waals surface area (Å²) in [6, 6.07) is 0. The first-order chi connectivity index (χ1) is 6.74. The highest BCUT2D eigenvalue weighted by Gasteiger charge is 1.99. The second-order valence-corrected chi connectivity index (χ2v) is 3.49. The molecule has 1 unspecified atom stereocenters. The zero-order valence-corrected chi connectivity index (χ0v) is 8.90. The third-order valence-electron chi connectivity index (χ3n) is 2.18. The van der Waals surface area contributed by atoms with Crippen LogP contribution in [0.15, 0.2) is 12.5 Å². The molecule has 1 atom stereocenters. The van der Waals surface area contributed by atoms with Crippen molar-refractivity contribution in [2.45, 2.75) is 39.5 Å². The number of imidazole rings is 1. The van der Waals surface area contributed by atoms with Crippen LogP contribution in [0.5, 0.6) is 0 Å². The fourth-order valence-electron chi connectivity index (χ4n) is 1.31. The van der Waals surface area contributed by atoms with Crippen molar-refractivity contribution in [1.29, 1.82) is 0 Å². The number of nitrogens with zero attached hydrogens (tertiary/aromatic N) is 2. The van der Waals surface area contributed by atoms with Crippen molar-refractivity contribution in [2.75, 3.05) is 6.54 Å². The smallest absolute Gasteiger partial charge is 0.0948 e. The van der Waals surface area contributed by atoms with Crippen molar-refractivity contribution >= 4 is 0 Å². The third kappa shape index (κ3) is 3.47. The summed E-state index contributed by atoms with van der Waals surface area (Å²) in [4.78, 5) is 4.08. The van der Waals surface area contributed by atoms with Crippen LogP contribution in [0.2, 0.25) is 0 Å². The zero-order chi connectivity index (χ0) is 10.4. The summed E-state index contributed by atoms with van der Waals surface area (Å²) in [5.41, 5.74) is 1.19. The number of hydrogen-bond acceptors (Lipinski definition) is 3. The average Bonchev–Trinajstić information content (AvgIpc) is 2.59. The first-order valence-corrected chi connectivity index (χ1v) is 5.11. The fraction of sp³-hybridized carbons (Fsp3) is 0.700. The quantitative estimate of drug-likeness (QED) is 0.662. The van der Waals surface area contributed by atoms with Gasteiger partial charge in [0.1, 0.15) is 0 Å². The molecule has 0 fully saturated rings. The number of aryl methyl sites for hydroxylation is 1. The lowest BCUT2D eigenvalue weighted by Gasteiger charge is -2.07. The van der Waals surface area contributed by atoms with Crippen LogP contribution >= 0.6 is 0 Å². The topological polar surface area (TPSA) is 50.1 Å². The molecule has 14 heavy (non-hydrogen) atoms. The number of hydrogen-bond donors (Lipinski definition) is 2. The maximum Gasteiger partial charge on any atom is 0.0948 e. The van der Waals surface area contributed by atoms with Gasteiger partial charge in [-0.05, 0) is 26.8 Å². The molecule has 0 amide bonds. The molecule has 0 aliphatic heterocycles. The summed E-state index contributed by atoms with van der Waals surface area (Å²) in [6.45, 7) is 6.51. The van der Waals surface area contributed by atoms with Gasteiger partial charge in [0.25, 0.3) is 0 Å². The Labute approximate surface area is 85.0 Å². The highest BCUT2D eigenvalue weighted by molar-refractivity contribution is 4.97. The Balaban J connectivity index is 2.24. The highest BCUT2D eigenvalue weighted by Crippen LogP contribution is 1.98. The zero-order valence-electron chi connectivity index (χ0n) is 8.90. The first kappa shape index (κ1) is 11.2. The van der Waals surface area contributed by atoms with Crippen molar-refractivity contribution in [1.82, 2.24) is 14.9 Å². The molecular weight excluding hydrogens is 178 g/mol. The van der Waals surface area contributed by atoms with Gasteiger partial charge in [-0.25, -0.2) is 4.98 Å². The summed E-state index contributed by atoms with van der Waals surface area (Å²) in [5.74, 6) is 0.